The number of piperazine rings is 1. The van der Waals surface area contributed by atoms with E-state index in [-0.39, 0.29) is 0 Å². The molecule has 1 saturated heterocycles. The van der Waals surface area contributed by atoms with E-state index in [2.05, 4.69) is 19.7 Å². The molecule has 8 nitrogen and oxygen atoms in total. The zero-order valence-corrected chi connectivity index (χ0v) is 18.1. The second-order valence-electron chi connectivity index (χ2n) is 7.98. The molecule has 1 aromatic heterocycles. The number of fused-ring (bicyclic) bond motifs is 2. The van der Waals surface area contributed by atoms with Crippen molar-refractivity contribution in [3.63, 3.8) is 0 Å². The lowest BCUT2D eigenvalue weighted by Crippen LogP contribution is -2.47. The largest absolute Gasteiger partial charge is 0.472 e. The van der Waals surface area contributed by atoms with Crippen LogP contribution in [0.2, 0.25) is 0 Å². The fraction of sp³-hybridized carbons (Fsp3) is 0.409. The number of sulfonamides is 1. The summed E-state index contributed by atoms with van der Waals surface area (Å²) in [5.74, 6) is 1.57. The van der Waals surface area contributed by atoms with Gasteiger partial charge in [0.05, 0.1) is 5.39 Å². The number of hydrogen-bond acceptors (Lipinski definition) is 7. The van der Waals surface area contributed by atoms with Crippen LogP contribution >= 0.6 is 0 Å². The number of ether oxygens (including phenoxy) is 1. The summed E-state index contributed by atoms with van der Waals surface area (Å²) < 4.78 is 38.9. The topological polar surface area (TPSA) is 87.9 Å². The number of hydrogen-bond donors (Lipinski definition) is 1. The van der Waals surface area contributed by atoms with Crippen molar-refractivity contribution in [1.29, 1.82) is 0 Å². The van der Waals surface area contributed by atoms with E-state index >= 15 is 0 Å². The van der Waals surface area contributed by atoms with Crippen LogP contribution in [-0.2, 0) is 16.4 Å². The average Bonchev–Trinajstić information content (AvgIpc) is 3.42. The monoisotopic (exact) mass is 442 g/mol. The van der Waals surface area contributed by atoms with Crippen LogP contribution in [0.25, 0.3) is 11.0 Å². The first-order valence-corrected chi connectivity index (χ1v) is 12.2. The Morgan fingerprint density at radius 1 is 1.03 bits per heavy atom. The van der Waals surface area contributed by atoms with Crippen LogP contribution in [0.15, 0.2) is 53.1 Å². The minimum absolute atomic E-state index is 0.393. The van der Waals surface area contributed by atoms with Crippen LogP contribution in [0.4, 0.5) is 5.82 Å². The van der Waals surface area contributed by atoms with Crippen molar-refractivity contribution in [3.05, 3.63) is 54.1 Å². The van der Waals surface area contributed by atoms with Crippen molar-refractivity contribution in [2.75, 3.05) is 44.2 Å². The Morgan fingerprint density at radius 3 is 2.65 bits per heavy atom. The predicted molar refractivity (Wildman–Crippen MR) is 119 cm³/mol. The van der Waals surface area contributed by atoms with E-state index in [0.29, 0.717) is 18.7 Å². The molecule has 0 amide bonds. The highest BCUT2D eigenvalue weighted by Crippen LogP contribution is 2.30. The SMILES string of the molecule is O=S(=O)(NCCCN1CCN(c2noc3ccccc23)CC1)C1Cc2ccccc2O1. The van der Waals surface area contributed by atoms with Crippen molar-refractivity contribution in [3.8, 4) is 5.75 Å². The fourth-order valence-corrected chi connectivity index (χ4v) is 5.46. The minimum Gasteiger partial charge on any atom is -0.472 e. The van der Waals surface area contributed by atoms with E-state index < -0.39 is 15.5 Å². The number of rotatable bonds is 7. The molecule has 31 heavy (non-hydrogen) atoms. The minimum atomic E-state index is -3.51. The third kappa shape index (κ3) is 4.26. The van der Waals surface area contributed by atoms with Crippen molar-refractivity contribution in [2.45, 2.75) is 18.3 Å². The van der Waals surface area contributed by atoms with Gasteiger partial charge in [-0.15, -0.1) is 0 Å². The lowest BCUT2D eigenvalue weighted by atomic mass is 10.2. The van der Waals surface area contributed by atoms with Crippen LogP contribution < -0.4 is 14.4 Å². The molecule has 164 valence electrons. The quantitative estimate of drug-likeness (QED) is 0.562. The van der Waals surface area contributed by atoms with Gasteiger partial charge >= 0.3 is 0 Å². The van der Waals surface area contributed by atoms with Gasteiger partial charge in [-0.3, -0.25) is 4.90 Å². The molecule has 2 aliphatic heterocycles. The summed E-state index contributed by atoms with van der Waals surface area (Å²) in [6.45, 7) is 4.82. The molecule has 1 unspecified atom stereocenters. The highest BCUT2D eigenvalue weighted by molar-refractivity contribution is 7.90. The molecule has 5 rings (SSSR count). The van der Waals surface area contributed by atoms with Gasteiger partial charge in [0.25, 0.3) is 0 Å². The van der Waals surface area contributed by atoms with Gasteiger partial charge in [-0.2, -0.15) is 0 Å². The van der Waals surface area contributed by atoms with Gasteiger partial charge in [0, 0.05) is 39.1 Å². The van der Waals surface area contributed by atoms with E-state index in [1.54, 1.807) is 0 Å². The van der Waals surface area contributed by atoms with Gasteiger partial charge in [0.15, 0.2) is 11.4 Å². The van der Waals surface area contributed by atoms with Crippen molar-refractivity contribution in [2.24, 2.45) is 0 Å². The molecular formula is C22H26N4O4S. The summed E-state index contributed by atoms with van der Waals surface area (Å²) in [4.78, 5) is 4.61. The van der Waals surface area contributed by atoms with Crippen LogP contribution in [-0.4, -0.2) is 63.2 Å². The zero-order valence-electron chi connectivity index (χ0n) is 17.2. The number of aromatic nitrogens is 1. The van der Waals surface area contributed by atoms with E-state index in [1.165, 1.54) is 0 Å². The summed E-state index contributed by atoms with van der Waals surface area (Å²) in [6, 6.07) is 15.4. The Balaban J connectivity index is 1.06. The molecule has 0 saturated carbocycles. The molecule has 3 heterocycles. The molecular weight excluding hydrogens is 416 g/mol. The van der Waals surface area contributed by atoms with Gasteiger partial charge in [0.1, 0.15) is 5.75 Å². The first kappa shape index (κ1) is 20.3. The number of nitrogens with zero attached hydrogens (tertiary/aromatic N) is 3. The maximum atomic E-state index is 12.6. The molecule has 0 radical (unpaired) electrons. The van der Waals surface area contributed by atoms with Gasteiger partial charge in [-0.1, -0.05) is 35.5 Å². The van der Waals surface area contributed by atoms with E-state index in [1.807, 2.05) is 48.5 Å². The van der Waals surface area contributed by atoms with Gasteiger partial charge in [-0.05, 0) is 36.7 Å². The number of anilines is 1. The first-order chi connectivity index (χ1) is 15.1. The van der Waals surface area contributed by atoms with Crippen molar-refractivity contribution in [1.82, 2.24) is 14.8 Å². The second kappa shape index (κ2) is 8.49. The summed E-state index contributed by atoms with van der Waals surface area (Å²) in [5, 5.41) is 5.29. The van der Waals surface area contributed by atoms with Crippen molar-refractivity contribution >= 4 is 26.8 Å². The molecule has 1 fully saturated rings. The standard InChI is InChI=1S/C22H26N4O4S/c27-31(28,21-16-17-6-1-3-8-19(17)29-21)23-10-5-11-25-12-14-26(15-13-25)22-18-7-2-4-9-20(18)30-24-22/h1-4,6-9,21,23H,5,10-16H2. The van der Waals surface area contributed by atoms with E-state index in [0.717, 1.165) is 61.5 Å². The molecule has 1 atom stereocenters. The van der Waals surface area contributed by atoms with Crippen molar-refractivity contribution < 1.29 is 17.7 Å². The number of benzene rings is 2. The smallest absolute Gasteiger partial charge is 0.250 e. The number of para-hydroxylation sites is 2. The average molecular weight is 443 g/mol. The Morgan fingerprint density at radius 2 is 1.81 bits per heavy atom. The summed E-state index contributed by atoms with van der Waals surface area (Å²) in [6.07, 6.45) is 1.15. The Bertz CT molecular complexity index is 1130. The third-order valence-corrected chi connectivity index (χ3v) is 7.51. The highest BCUT2D eigenvalue weighted by Gasteiger charge is 2.33. The molecule has 9 heteroatoms. The third-order valence-electron chi connectivity index (χ3n) is 5.95. The van der Waals surface area contributed by atoms with Gasteiger partial charge in [0.2, 0.25) is 15.5 Å². The van der Waals surface area contributed by atoms with Gasteiger partial charge < -0.3 is 14.2 Å². The predicted octanol–water partition coefficient (Wildman–Crippen LogP) is 2.22. The number of nitrogens with one attached hydrogen (secondary N) is 1. The molecule has 2 aliphatic rings. The van der Waals surface area contributed by atoms with Crippen LogP contribution in [0.5, 0.6) is 5.75 Å². The molecule has 0 spiro atoms. The Hall–Kier alpha value is -2.62. The van der Waals surface area contributed by atoms with Crippen LogP contribution in [0.1, 0.15) is 12.0 Å². The van der Waals surface area contributed by atoms with Crippen LogP contribution in [0.3, 0.4) is 0 Å². The fourth-order valence-electron chi connectivity index (χ4n) is 4.22. The van der Waals surface area contributed by atoms with E-state index in [4.69, 9.17) is 9.26 Å². The molecule has 1 N–H and O–H groups in total. The molecule has 3 aromatic rings. The molecule has 0 bridgehead atoms. The summed E-state index contributed by atoms with van der Waals surface area (Å²) >= 11 is 0. The normalized spacial score (nSPS) is 19.5. The lowest BCUT2D eigenvalue weighted by molar-refractivity contribution is 0.253. The van der Waals surface area contributed by atoms with Gasteiger partial charge in [-0.25, -0.2) is 13.1 Å². The maximum absolute atomic E-state index is 12.6. The van der Waals surface area contributed by atoms with Crippen LogP contribution in [0, 0.1) is 0 Å². The maximum Gasteiger partial charge on any atom is 0.250 e. The second-order valence-corrected chi connectivity index (χ2v) is 9.89. The molecule has 0 aliphatic carbocycles. The summed E-state index contributed by atoms with van der Waals surface area (Å²) in [7, 11) is -3.51. The highest BCUT2D eigenvalue weighted by atomic mass is 32.2. The zero-order chi connectivity index (χ0) is 21.3. The molecule has 2 aromatic carbocycles. The van der Waals surface area contributed by atoms with E-state index in [9.17, 15) is 8.42 Å². The Labute approximate surface area is 181 Å². The lowest BCUT2D eigenvalue weighted by Gasteiger charge is -2.34. The Kier molecular flexibility index (Phi) is 5.56. The first-order valence-electron chi connectivity index (χ1n) is 10.6. The summed E-state index contributed by atoms with van der Waals surface area (Å²) in [5.41, 5.74) is 0.905.